The van der Waals surface area contributed by atoms with Gasteiger partial charge in [0.2, 0.25) is 0 Å². The topological polar surface area (TPSA) is 0 Å². The molecule has 0 N–H and O–H groups in total. The average Bonchev–Trinajstić information content (AvgIpc) is 1.97. The first-order valence-electron chi connectivity index (χ1n) is 3.80. The number of unbranched alkanes of at least 4 members (excludes halogenated alkanes) is 3. The predicted octanol–water partition coefficient (Wildman–Crippen LogP) is 2.93. The standard InChI is InChI=1S/C9H16S/c1-3-4-5-6-7-8-9-10-2/h5-9H2,1-2H3. The van der Waals surface area contributed by atoms with Gasteiger partial charge in [-0.1, -0.05) is 6.42 Å². The Morgan fingerprint density at radius 1 is 1.20 bits per heavy atom. The van der Waals surface area contributed by atoms with Gasteiger partial charge >= 0.3 is 0 Å². The van der Waals surface area contributed by atoms with Crippen molar-refractivity contribution in [1.29, 1.82) is 0 Å². The molecular weight excluding hydrogens is 140 g/mol. The van der Waals surface area contributed by atoms with Crippen LogP contribution in [-0.4, -0.2) is 12.0 Å². The number of hydrogen-bond donors (Lipinski definition) is 0. The molecule has 1 heteroatoms. The molecule has 0 nitrogen and oxygen atoms in total. The lowest BCUT2D eigenvalue weighted by atomic mass is 10.2. The van der Waals surface area contributed by atoms with E-state index in [-0.39, 0.29) is 0 Å². The second-order valence-corrected chi connectivity index (χ2v) is 3.22. The summed E-state index contributed by atoms with van der Waals surface area (Å²) in [6.07, 6.45) is 7.22. The number of thioether (sulfide) groups is 1. The Kier molecular flexibility index (Phi) is 8.83. The highest BCUT2D eigenvalue weighted by Crippen LogP contribution is 2.03. The van der Waals surface area contributed by atoms with E-state index in [0.717, 1.165) is 6.42 Å². The van der Waals surface area contributed by atoms with Gasteiger partial charge in [0.15, 0.2) is 0 Å². The second-order valence-electron chi connectivity index (χ2n) is 2.23. The summed E-state index contributed by atoms with van der Waals surface area (Å²) in [6.45, 7) is 1.90. The first-order chi connectivity index (χ1) is 4.91. The van der Waals surface area contributed by atoms with Crippen LogP contribution in [0.25, 0.3) is 0 Å². The highest BCUT2D eigenvalue weighted by molar-refractivity contribution is 7.98. The Morgan fingerprint density at radius 2 is 2.00 bits per heavy atom. The largest absolute Gasteiger partial charge is 0.165 e. The van der Waals surface area contributed by atoms with E-state index in [1.807, 2.05) is 18.7 Å². The lowest BCUT2D eigenvalue weighted by Crippen LogP contribution is -1.78. The van der Waals surface area contributed by atoms with Gasteiger partial charge in [-0.05, 0) is 31.8 Å². The molecule has 58 valence electrons. The molecule has 10 heavy (non-hydrogen) atoms. The minimum absolute atomic E-state index is 1.09. The lowest BCUT2D eigenvalue weighted by Gasteiger charge is -1.93. The SMILES string of the molecule is CC#CCCCCCSC. The highest BCUT2D eigenvalue weighted by Gasteiger charge is 1.85. The zero-order chi connectivity index (χ0) is 7.66. The van der Waals surface area contributed by atoms with Gasteiger partial charge in [0, 0.05) is 6.42 Å². The van der Waals surface area contributed by atoms with E-state index in [1.54, 1.807) is 0 Å². The molecule has 0 heterocycles. The molecule has 0 aliphatic carbocycles. The molecular formula is C9H16S. The fourth-order valence-corrected chi connectivity index (χ4v) is 1.25. The van der Waals surface area contributed by atoms with Crippen molar-refractivity contribution in [2.24, 2.45) is 0 Å². The van der Waals surface area contributed by atoms with Crippen molar-refractivity contribution in [2.45, 2.75) is 32.6 Å². The third-order valence-corrected chi connectivity index (χ3v) is 2.02. The van der Waals surface area contributed by atoms with Crippen molar-refractivity contribution >= 4 is 11.8 Å². The summed E-state index contributed by atoms with van der Waals surface area (Å²) in [6, 6.07) is 0. The van der Waals surface area contributed by atoms with Crippen LogP contribution in [0.4, 0.5) is 0 Å². The van der Waals surface area contributed by atoms with Crippen molar-refractivity contribution in [2.75, 3.05) is 12.0 Å². The first-order valence-corrected chi connectivity index (χ1v) is 5.19. The summed E-state index contributed by atoms with van der Waals surface area (Å²) < 4.78 is 0. The van der Waals surface area contributed by atoms with Crippen molar-refractivity contribution in [3.05, 3.63) is 0 Å². The highest BCUT2D eigenvalue weighted by atomic mass is 32.2. The monoisotopic (exact) mass is 156 g/mol. The smallest absolute Gasteiger partial charge is 0.00885 e. The maximum Gasteiger partial charge on any atom is 0.00885 e. The maximum atomic E-state index is 3.07. The van der Waals surface area contributed by atoms with Crippen LogP contribution in [0.15, 0.2) is 0 Å². The molecule has 0 bridgehead atoms. The van der Waals surface area contributed by atoms with E-state index >= 15 is 0 Å². The summed E-state index contributed by atoms with van der Waals surface area (Å²) in [5, 5.41) is 0. The van der Waals surface area contributed by atoms with Crippen LogP contribution < -0.4 is 0 Å². The Balaban J connectivity index is 2.82. The van der Waals surface area contributed by atoms with E-state index in [0.29, 0.717) is 0 Å². The van der Waals surface area contributed by atoms with Gasteiger partial charge in [-0.15, -0.1) is 11.8 Å². The molecule has 0 spiro atoms. The molecule has 0 aliphatic heterocycles. The fourth-order valence-electron chi connectivity index (χ4n) is 0.762. The minimum atomic E-state index is 1.09. The van der Waals surface area contributed by atoms with Crippen LogP contribution in [0.2, 0.25) is 0 Å². The molecule has 0 amide bonds. The Morgan fingerprint density at radius 3 is 2.60 bits per heavy atom. The van der Waals surface area contributed by atoms with E-state index in [9.17, 15) is 0 Å². The molecule has 0 aliphatic rings. The summed E-state index contributed by atoms with van der Waals surface area (Å²) >= 11 is 1.93. The lowest BCUT2D eigenvalue weighted by molar-refractivity contribution is 0.743. The van der Waals surface area contributed by atoms with Crippen LogP contribution in [0.5, 0.6) is 0 Å². The normalized spacial score (nSPS) is 8.60. The van der Waals surface area contributed by atoms with Crippen molar-refractivity contribution in [1.82, 2.24) is 0 Å². The van der Waals surface area contributed by atoms with Gasteiger partial charge in [-0.25, -0.2) is 0 Å². The van der Waals surface area contributed by atoms with Gasteiger partial charge in [0.25, 0.3) is 0 Å². The minimum Gasteiger partial charge on any atom is -0.165 e. The Labute approximate surface area is 68.8 Å². The molecule has 0 unspecified atom stereocenters. The van der Waals surface area contributed by atoms with Crippen LogP contribution in [0, 0.1) is 11.8 Å². The Bertz CT molecular complexity index is 108. The molecule has 0 saturated heterocycles. The number of hydrogen-bond acceptors (Lipinski definition) is 1. The van der Waals surface area contributed by atoms with Crippen LogP contribution in [0.3, 0.4) is 0 Å². The molecule has 0 aromatic carbocycles. The van der Waals surface area contributed by atoms with Gasteiger partial charge < -0.3 is 0 Å². The van der Waals surface area contributed by atoms with Gasteiger partial charge in [-0.3, -0.25) is 0 Å². The second kappa shape index (κ2) is 8.91. The van der Waals surface area contributed by atoms with E-state index < -0.39 is 0 Å². The van der Waals surface area contributed by atoms with Crippen molar-refractivity contribution in [3.8, 4) is 11.8 Å². The summed E-state index contributed by atoms with van der Waals surface area (Å²) in [5.74, 6) is 7.28. The quantitative estimate of drug-likeness (QED) is 0.435. The summed E-state index contributed by atoms with van der Waals surface area (Å²) in [4.78, 5) is 0. The first kappa shape index (κ1) is 9.91. The molecule has 0 rings (SSSR count). The van der Waals surface area contributed by atoms with Gasteiger partial charge in [0.1, 0.15) is 0 Å². The predicted molar refractivity (Wildman–Crippen MR) is 50.3 cm³/mol. The fraction of sp³-hybridized carbons (Fsp3) is 0.778. The molecule has 0 radical (unpaired) electrons. The third kappa shape index (κ3) is 7.91. The number of rotatable bonds is 5. The summed E-state index contributed by atoms with van der Waals surface area (Å²) in [5.41, 5.74) is 0. The average molecular weight is 156 g/mol. The molecule has 0 aromatic heterocycles. The maximum absolute atomic E-state index is 3.07. The molecule has 0 fully saturated rings. The molecule has 0 atom stereocenters. The zero-order valence-corrected chi connectivity index (χ0v) is 7.76. The van der Waals surface area contributed by atoms with Gasteiger partial charge in [0.05, 0.1) is 0 Å². The van der Waals surface area contributed by atoms with Crippen molar-refractivity contribution < 1.29 is 0 Å². The Hall–Kier alpha value is -0.0900. The molecule has 0 aromatic rings. The molecule has 0 saturated carbocycles. The van der Waals surface area contributed by atoms with Crippen LogP contribution >= 0.6 is 11.8 Å². The van der Waals surface area contributed by atoms with Crippen LogP contribution in [-0.2, 0) is 0 Å². The zero-order valence-electron chi connectivity index (χ0n) is 6.94. The van der Waals surface area contributed by atoms with E-state index in [2.05, 4.69) is 18.1 Å². The van der Waals surface area contributed by atoms with E-state index in [4.69, 9.17) is 0 Å². The van der Waals surface area contributed by atoms with E-state index in [1.165, 1.54) is 25.0 Å². The van der Waals surface area contributed by atoms with Crippen molar-refractivity contribution in [3.63, 3.8) is 0 Å². The van der Waals surface area contributed by atoms with Crippen LogP contribution in [0.1, 0.15) is 32.6 Å². The summed E-state index contributed by atoms with van der Waals surface area (Å²) in [7, 11) is 0. The third-order valence-electron chi connectivity index (χ3n) is 1.33. The van der Waals surface area contributed by atoms with Gasteiger partial charge in [-0.2, -0.15) is 11.8 Å².